The molecule has 1 unspecified atom stereocenters. The molecule has 1 aromatic carbocycles. The molecule has 1 aromatic rings. The number of nitrogens with one attached hydrogen (secondary N) is 2. The lowest BCUT2D eigenvalue weighted by Gasteiger charge is -2.14. The van der Waals surface area contributed by atoms with E-state index in [-0.39, 0.29) is 11.0 Å². The number of hydrazine groups is 1. The topological polar surface area (TPSA) is 76.4 Å². The number of hydrogen-bond acceptors (Lipinski definition) is 3. The molecule has 16 heavy (non-hydrogen) atoms. The maximum atomic E-state index is 11.4. The Kier molecular flexibility index (Phi) is 4.53. The van der Waals surface area contributed by atoms with Gasteiger partial charge in [0.15, 0.2) is 11.2 Å². The first kappa shape index (κ1) is 12.3. The van der Waals surface area contributed by atoms with Crippen molar-refractivity contribution >= 4 is 23.2 Å². The Bertz CT molecular complexity index is 370. The van der Waals surface area contributed by atoms with E-state index < -0.39 is 6.10 Å². The van der Waals surface area contributed by atoms with E-state index >= 15 is 0 Å². The van der Waals surface area contributed by atoms with Crippen LogP contribution < -0.4 is 21.3 Å². The Morgan fingerprint density at radius 3 is 2.56 bits per heavy atom. The molecule has 1 rings (SSSR count). The van der Waals surface area contributed by atoms with Gasteiger partial charge in [0.25, 0.3) is 5.91 Å². The predicted octanol–water partition coefficient (Wildman–Crippen LogP) is 0.318. The van der Waals surface area contributed by atoms with Crippen molar-refractivity contribution in [3.05, 3.63) is 30.3 Å². The summed E-state index contributed by atoms with van der Waals surface area (Å²) >= 11 is 4.54. The molecular weight excluding hydrogens is 226 g/mol. The summed E-state index contributed by atoms with van der Waals surface area (Å²) in [6, 6.07) is 9.06. The third kappa shape index (κ3) is 4.14. The van der Waals surface area contributed by atoms with Crippen LogP contribution >= 0.6 is 12.2 Å². The van der Waals surface area contributed by atoms with Crippen molar-refractivity contribution in [3.8, 4) is 5.75 Å². The summed E-state index contributed by atoms with van der Waals surface area (Å²) in [7, 11) is 0. The van der Waals surface area contributed by atoms with Crippen LogP contribution in [0.25, 0.3) is 0 Å². The molecule has 5 nitrogen and oxygen atoms in total. The molecular formula is C10H13N3O2S. The number of carbonyl (C=O) groups is 1. The van der Waals surface area contributed by atoms with E-state index in [1.807, 2.05) is 18.2 Å². The summed E-state index contributed by atoms with van der Waals surface area (Å²) in [5.74, 6) is 0.275. The number of ether oxygens (including phenoxy) is 1. The minimum absolute atomic E-state index is 0.000242. The molecule has 0 spiro atoms. The fraction of sp³-hybridized carbons (Fsp3) is 0.200. The monoisotopic (exact) mass is 239 g/mol. The van der Waals surface area contributed by atoms with Crippen molar-refractivity contribution in [2.75, 3.05) is 0 Å². The van der Waals surface area contributed by atoms with Gasteiger partial charge in [-0.25, -0.2) is 0 Å². The molecule has 0 aliphatic carbocycles. The van der Waals surface area contributed by atoms with Crippen molar-refractivity contribution in [3.63, 3.8) is 0 Å². The van der Waals surface area contributed by atoms with Crippen LogP contribution in [0.1, 0.15) is 6.92 Å². The molecule has 0 saturated carbocycles. The van der Waals surface area contributed by atoms with Gasteiger partial charge in [0.05, 0.1) is 0 Å². The zero-order chi connectivity index (χ0) is 12.0. The van der Waals surface area contributed by atoms with Crippen LogP contribution in [0.2, 0.25) is 0 Å². The quantitative estimate of drug-likeness (QED) is 0.523. The van der Waals surface area contributed by atoms with Gasteiger partial charge in [-0.15, -0.1) is 0 Å². The van der Waals surface area contributed by atoms with E-state index in [1.54, 1.807) is 19.1 Å². The number of rotatable bonds is 3. The molecule has 86 valence electrons. The van der Waals surface area contributed by atoms with Crippen molar-refractivity contribution in [2.24, 2.45) is 5.73 Å². The number of benzene rings is 1. The van der Waals surface area contributed by atoms with Crippen LogP contribution in [0.5, 0.6) is 5.75 Å². The minimum Gasteiger partial charge on any atom is -0.481 e. The highest BCUT2D eigenvalue weighted by Crippen LogP contribution is 2.10. The molecule has 1 atom stereocenters. The molecule has 0 aromatic heterocycles. The molecule has 0 radical (unpaired) electrons. The lowest BCUT2D eigenvalue weighted by atomic mass is 10.3. The summed E-state index contributed by atoms with van der Waals surface area (Å²) in [4.78, 5) is 11.4. The van der Waals surface area contributed by atoms with Crippen LogP contribution in [0.15, 0.2) is 30.3 Å². The van der Waals surface area contributed by atoms with Gasteiger partial charge in [-0.2, -0.15) is 0 Å². The summed E-state index contributed by atoms with van der Waals surface area (Å²) in [5, 5.41) is 0.000242. The molecule has 6 heteroatoms. The summed E-state index contributed by atoms with van der Waals surface area (Å²) in [6.45, 7) is 1.63. The highest BCUT2D eigenvalue weighted by Gasteiger charge is 2.13. The first-order valence-corrected chi connectivity index (χ1v) is 5.07. The van der Waals surface area contributed by atoms with Gasteiger partial charge in [-0.1, -0.05) is 18.2 Å². The molecule has 4 N–H and O–H groups in total. The minimum atomic E-state index is -0.635. The average molecular weight is 239 g/mol. The maximum absolute atomic E-state index is 11.4. The van der Waals surface area contributed by atoms with Crippen LogP contribution in [-0.4, -0.2) is 17.1 Å². The molecule has 0 aliphatic rings. The third-order valence-electron chi connectivity index (χ3n) is 1.73. The van der Waals surface area contributed by atoms with E-state index in [1.165, 1.54) is 0 Å². The van der Waals surface area contributed by atoms with Crippen molar-refractivity contribution in [2.45, 2.75) is 13.0 Å². The van der Waals surface area contributed by atoms with Crippen LogP contribution in [-0.2, 0) is 4.79 Å². The molecule has 0 bridgehead atoms. The Balaban J connectivity index is 2.43. The van der Waals surface area contributed by atoms with Crippen LogP contribution in [0.3, 0.4) is 0 Å². The maximum Gasteiger partial charge on any atom is 0.279 e. The summed E-state index contributed by atoms with van der Waals surface area (Å²) < 4.78 is 5.37. The fourth-order valence-corrected chi connectivity index (χ4v) is 1.03. The number of amides is 1. The SMILES string of the molecule is CC(Oc1ccccc1)C(=O)NNC(N)=S. The molecule has 0 heterocycles. The van der Waals surface area contributed by atoms with Gasteiger partial charge in [0.2, 0.25) is 0 Å². The predicted molar refractivity (Wildman–Crippen MR) is 64.6 cm³/mol. The molecule has 0 fully saturated rings. The summed E-state index contributed by atoms with van der Waals surface area (Å²) in [5.41, 5.74) is 9.82. The largest absolute Gasteiger partial charge is 0.481 e. The van der Waals surface area contributed by atoms with Crippen molar-refractivity contribution < 1.29 is 9.53 Å². The van der Waals surface area contributed by atoms with E-state index in [2.05, 4.69) is 23.1 Å². The Morgan fingerprint density at radius 2 is 2.00 bits per heavy atom. The Labute approximate surface area is 98.9 Å². The number of carbonyl (C=O) groups excluding carboxylic acids is 1. The normalized spacial score (nSPS) is 11.3. The standard InChI is InChI=1S/C10H13N3O2S/c1-7(9(14)12-13-10(11)16)15-8-5-3-2-4-6-8/h2-7H,1H3,(H,12,14)(H3,11,13,16). The lowest BCUT2D eigenvalue weighted by molar-refractivity contribution is -0.127. The Morgan fingerprint density at radius 1 is 1.38 bits per heavy atom. The number of hydrogen-bond donors (Lipinski definition) is 3. The third-order valence-corrected chi connectivity index (χ3v) is 1.84. The first-order chi connectivity index (χ1) is 7.59. The average Bonchev–Trinajstić information content (AvgIpc) is 2.27. The van der Waals surface area contributed by atoms with Gasteiger partial charge < -0.3 is 10.5 Å². The first-order valence-electron chi connectivity index (χ1n) is 4.66. The number of nitrogens with two attached hydrogens (primary N) is 1. The van der Waals surface area contributed by atoms with E-state index in [4.69, 9.17) is 10.5 Å². The molecule has 0 saturated heterocycles. The second-order valence-corrected chi connectivity index (χ2v) is 3.49. The summed E-state index contributed by atoms with van der Waals surface area (Å²) in [6.07, 6.45) is -0.635. The molecule has 0 aliphatic heterocycles. The van der Waals surface area contributed by atoms with Gasteiger partial charge in [-0.3, -0.25) is 15.6 Å². The van der Waals surface area contributed by atoms with Gasteiger partial charge in [0, 0.05) is 0 Å². The van der Waals surface area contributed by atoms with E-state index in [9.17, 15) is 4.79 Å². The lowest BCUT2D eigenvalue weighted by Crippen LogP contribution is -2.48. The van der Waals surface area contributed by atoms with Crippen molar-refractivity contribution in [1.82, 2.24) is 10.9 Å². The van der Waals surface area contributed by atoms with Gasteiger partial charge in [0.1, 0.15) is 5.75 Å². The smallest absolute Gasteiger partial charge is 0.279 e. The van der Waals surface area contributed by atoms with Crippen LogP contribution in [0.4, 0.5) is 0 Å². The molecule has 1 amide bonds. The number of thiocarbonyl (C=S) groups is 1. The van der Waals surface area contributed by atoms with Crippen molar-refractivity contribution in [1.29, 1.82) is 0 Å². The van der Waals surface area contributed by atoms with Gasteiger partial charge >= 0.3 is 0 Å². The Hall–Kier alpha value is -1.82. The fourth-order valence-electron chi connectivity index (χ4n) is 0.982. The second kappa shape index (κ2) is 5.92. The second-order valence-electron chi connectivity index (χ2n) is 3.05. The van der Waals surface area contributed by atoms with E-state index in [0.29, 0.717) is 5.75 Å². The highest BCUT2D eigenvalue weighted by atomic mass is 32.1. The van der Waals surface area contributed by atoms with Gasteiger partial charge in [-0.05, 0) is 31.3 Å². The zero-order valence-electron chi connectivity index (χ0n) is 8.77. The van der Waals surface area contributed by atoms with E-state index in [0.717, 1.165) is 0 Å². The number of para-hydroxylation sites is 1. The highest BCUT2D eigenvalue weighted by molar-refractivity contribution is 7.80. The zero-order valence-corrected chi connectivity index (χ0v) is 9.58. The van der Waals surface area contributed by atoms with Crippen LogP contribution in [0, 0.1) is 0 Å².